The third-order valence-corrected chi connectivity index (χ3v) is 3.62. The number of hydrogen-bond acceptors (Lipinski definition) is 5. The second kappa shape index (κ2) is 5.94. The molecule has 0 aliphatic carbocycles. The van der Waals surface area contributed by atoms with Gasteiger partial charge in [0.05, 0.1) is 12.3 Å². The Morgan fingerprint density at radius 2 is 2.19 bits per heavy atom. The first-order valence-electron chi connectivity index (χ1n) is 6.33. The summed E-state index contributed by atoms with van der Waals surface area (Å²) in [5, 5.41) is 13.1. The van der Waals surface area contributed by atoms with Crippen molar-refractivity contribution in [2.24, 2.45) is 0 Å². The van der Waals surface area contributed by atoms with Crippen LogP contribution in [0.1, 0.15) is 0 Å². The topological polar surface area (TPSA) is 75.9 Å². The number of ether oxygens (including phenoxy) is 1. The van der Waals surface area contributed by atoms with Gasteiger partial charge in [0.2, 0.25) is 0 Å². The maximum absolute atomic E-state index is 11.4. The summed E-state index contributed by atoms with van der Waals surface area (Å²) in [5.74, 6) is 0. The van der Waals surface area contributed by atoms with Crippen LogP contribution in [0.5, 0.6) is 0 Å². The van der Waals surface area contributed by atoms with Crippen LogP contribution in [0.4, 0.5) is 10.5 Å². The van der Waals surface area contributed by atoms with Gasteiger partial charge < -0.3 is 9.84 Å². The number of carbonyl (C=O) groups is 1. The maximum Gasteiger partial charge on any atom is 0.411 e. The number of benzene rings is 1. The predicted molar refractivity (Wildman–Crippen MR) is 80.6 cm³/mol. The summed E-state index contributed by atoms with van der Waals surface area (Å²) in [5.41, 5.74) is 2.49. The van der Waals surface area contributed by atoms with Crippen LogP contribution in [0.25, 0.3) is 16.2 Å². The number of nitrogens with one attached hydrogen (secondary N) is 1. The lowest BCUT2D eigenvalue weighted by atomic mass is 10.1. The summed E-state index contributed by atoms with van der Waals surface area (Å²) in [6, 6.07) is 7.33. The van der Waals surface area contributed by atoms with Gasteiger partial charge in [-0.3, -0.25) is 9.72 Å². The molecule has 0 spiro atoms. The monoisotopic (exact) mass is 303 g/mol. The average Bonchev–Trinajstić information content (AvgIpc) is 3.07. The first-order chi connectivity index (χ1) is 10.3. The van der Waals surface area contributed by atoms with Crippen LogP contribution in [-0.2, 0) is 4.74 Å². The van der Waals surface area contributed by atoms with Gasteiger partial charge in [0, 0.05) is 29.0 Å². The molecule has 0 aliphatic heterocycles. The van der Waals surface area contributed by atoms with Crippen molar-refractivity contribution in [3.8, 4) is 11.3 Å². The normalized spacial score (nSPS) is 10.7. The van der Waals surface area contributed by atoms with Crippen molar-refractivity contribution in [3.05, 3.63) is 42.0 Å². The van der Waals surface area contributed by atoms with Crippen LogP contribution >= 0.6 is 11.3 Å². The van der Waals surface area contributed by atoms with Gasteiger partial charge in [-0.1, -0.05) is 12.1 Å². The van der Waals surface area contributed by atoms with Crippen molar-refractivity contribution in [2.45, 2.75) is 0 Å². The van der Waals surface area contributed by atoms with Crippen LogP contribution in [-0.4, -0.2) is 33.8 Å². The SMILES string of the molecule is O=C(Nc1ccc(-c2cn3ccsc3n2)cc1)OCCO. The van der Waals surface area contributed by atoms with Gasteiger partial charge in [-0.2, -0.15) is 0 Å². The summed E-state index contributed by atoms with van der Waals surface area (Å²) in [4.78, 5) is 16.8. The molecule has 3 rings (SSSR count). The molecule has 21 heavy (non-hydrogen) atoms. The molecule has 6 nitrogen and oxygen atoms in total. The molecule has 2 aromatic heterocycles. The van der Waals surface area contributed by atoms with Crippen molar-refractivity contribution in [1.29, 1.82) is 0 Å². The molecule has 0 atom stereocenters. The number of rotatable bonds is 4. The lowest BCUT2D eigenvalue weighted by Crippen LogP contribution is -2.15. The fourth-order valence-electron chi connectivity index (χ4n) is 1.88. The largest absolute Gasteiger partial charge is 0.447 e. The van der Waals surface area contributed by atoms with Crippen LogP contribution in [0.2, 0.25) is 0 Å². The molecule has 1 amide bonds. The smallest absolute Gasteiger partial charge is 0.411 e. The van der Waals surface area contributed by atoms with E-state index in [0.717, 1.165) is 16.2 Å². The number of anilines is 1. The molecular formula is C14H13N3O3S. The van der Waals surface area contributed by atoms with Crippen LogP contribution < -0.4 is 5.32 Å². The van der Waals surface area contributed by atoms with Crippen molar-refractivity contribution < 1.29 is 14.6 Å². The quantitative estimate of drug-likeness (QED) is 0.777. The summed E-state index contributed by atoms with van der Waals surface area (Å²) >= 11 is 1.58. The Hall–Kier alpha value is -2.38. The van der Waals surface area contributed by atoms with E-state index in [1.54, 1.807) is 23.5 Å². The molecule has 0 unspecified atom stereocenters. The number of amides is 1. The van der Waals surface area contributed by atoms with E-state index in [4.69, 9.17) is 9.84 Å². The van der Waals surface area contributed by atoms with E-state index in [-0.39, 0.29) is 13.2 Å². The Labute approximate surface area is 124 Å². The third kappa shape index (κ3) is 3.04. The summed E-state index contributed by atoms with van der Waals surface area (Å²) < 4.78 is 6.70. The molecule has 3 aromatic rings. The number of thiazole rings is 1. The predicted octanol–water partition coefficient (Wildman–Crippen LogP) is 2.60. The number of nitrogens with zero attached hydrogens (tertiary/aromatic N) is 2. The number of hydrogen-bond donors (Lipinski definition) is 2. The Kier molecular flexibility index (Phi) is 3.85. The Bertz CT molecular complexity index is 720. The molecule has 108 valence electrons. The zero-order chi connectivity index (χ0) is 14.7. The second-order valence-corrected chi connectivity index (χ2v) is 5.15. The molecule has 7 heteroatoms. The number of fused-ring (bicyclic) bond motifs is 1. The summed E-state index contributed by atoms with van der Waals surface area (Å²) in [6.07, 6.45) is 3.34. The van der Waals surface area contributed by atoms with E-state index in [1.807, 2.05) is 34.3 Å². The molecule has 0 bridgehead atoms. The molecule has 2 heterocycles. The molecule has 0 aliphatic rings. The molecule has 1 aromatic carbocycles. The molecule has 0 saturated heterocycles. The molecular weight excluding hydrogens is 290 g/mol. The molecule has 0 saturated carbocycles. The van der Waals surface area contributed by atoms with Crippen molar-refractivity contribution in [3.63, 3.8) is 0 Å². The van der Waals surface area contributed by atoms with Gasteiger partial charge in [0.25, 0.3) is 0 Å². The van der Waals surface area contributed by atoms with E-state index < -0.39 is 6.09 Å². The highest BCUT2D eigenvalue weighted by Gasteiger charge is 2.06. The molecule has 2 N–H and O–H groups in total. The zero-order valence-corrected chi connectivity index (χ0v) is 11.8. The van der Waals surface area contributed by atoms with Crippen LogP contribution in [0.3, 0.4) is 0 Å². The van der Waals surface area contributed by atoms with Gasteiger partial charge >= 0.3 is 6.09 Å². The van der Waals surface area contributed by atoms with Gasteiger partial charge in [0.1, 0.15) is 6.61 Å². The van der Waals surface area contributed by atoms with E-state index in [1.165, 1.54) is 0 Å². The zero-order valence-electron chi connectivity index (χ0n) is 11.0. The van der Waals surface area contributed by atoms with E-state index in [2.05, 4.69) is 10.3 Å². The second-order valence-electron chi connectivity index (χ2n) is 4.28. The van der Waals surface area contributed by atoms with Crippen LogP contribution in [0, 0.1) is 0 Å². The van der Waals surface area contributed by atoms with Gasteiger partial charge in [-0.05, 0) is 12.1 Å². The number of aliphatic hydroxyl groups excluding tert-OH is 1. The van der Waals surface area contributed by atoms with Gasteiger partial charge in [-0.25, -0.2) is 9.78 Å². The van der Waals surface area contributed by atoms with E-state index >= 15 is 0 Å². The minimum absolute atomic E-state index is 0.0185. The van der Waals surface area contributed by atoms with Crippen molar-refractivity contribution in [2.75, 3.05) is 18.5 Å². The van der Waals surface area contributed by atoms with Gasteiger partial charge in [-0.15, -0.1) is 11.3 Å². The highest BCUT2D eigenvalue weighted by molar-refractivity contribution is 7.15. The Balaban J connectivity index is 1.71. The first-order valence-corrected chi connectivity index (χ1v) is 7.21. The lowest BCUT2D eigenvalue weighted by molar-refractivity contribution is 0.131. The maximum atomic E-state index is 11.4. The number of imidazole rings is 1. The standard InChI is InChI=1S/C14H13N3O3S/c18-6-7-20-14(19)15-11-3-1-10(2-4-11)12-9-17-5-8-21-13(17)16-12/h1-5,8-9,18H,6-7H2,(H,15,19). The van der Waals surface area contributed by atoms with E-state index in [0.29, 0.717) is 5.69 Å². The fourth-order valence-corrected chi connectivity index (χ4v) is 2.58. The van der Waals surface area contributed by atoms with Crippen molar-refractivity contribution in [1.82, 2.24) is 9.38 Å². The summed E-state index contributed by atoms with van der Waals surface area (Å²) in [7, 11) is 0. The average molecular weight is 303 g/mol. The minimum atomic E-state index is -0.584. The highest BCUT2D eigenvalue weighted by Crippen LogP contribution is 2.23. The minimum Gasteiger partial charge on any atom is -0.447 e. The van der Waals surface area contributed by atoms with Crippen LogP contribution in [0.15, 0.2) is 42.0 Å². The molecule has 0 radical (unpaired) electrons. The number of aromatic nitrogens is 2. The van der Waals surface area contributed by atoms with E-state index in [9.17, 15) is 4.79 Å². The number of carbonyl (C=O) groups excluding carboxylic acids is 1. The first kappa shape index (κ1) is 13.6. The Morgan fingerprint density at radius 3 is 2.90 bits per heavy atom. The lowest BCUT2D eigenvalue weighted by Gasteiger charge is -2.06. The highest BCUT2D eigenvalue weighted by atomic mass is 32.1. The Morgan fingerprint density at radius 1 is 1.38 bits per heavy atom. The molecule has 0 fully saturated rings. The number of aliphatic hydroxyl groups is 1. The van der Waals surface area contributed by atoms with Crippen molar-refractivity contribution >= 4 is 28.1 Å². The third-order valence-electron chi connectivity index (χ3n) is 2.84. The van der Waals surface area contributed by atoms with Gasteiger partial charge in [0.15, 0.2) is 4.96 Å². The summed E-state index contributed by atoms with van der Waals surface area (Å²) in [6.45, 7) is -0.209. The fraction of sp³-hybridized carbons (Fsp3) is 0.143.